The molecule has 2 atom stereocenters. The minimum absolute atomic E-state index is 0.0840. The molecule has 0 bridgehead atoms. The molecule has 0 heterocycles. The van der Waals surface area contributed by atoms with E-state index < -0.39 is 22.3 Å². The predicted octanol–water partition coefficient (Wildman–Crippen LogP) is 3.34. The van der Waals surface area contributed by atoms with Crippen LogP contribution in [0.4, 0.5) is 8.78 Å². The Morgan fingerprint density at radius 2 is 2.09 bits per heavy atom. The molecule has 0 saturated heterocycles. The maximum atomic E-state index is 12.4. The fourth-order valence-corrected chi connectivity index (χ4v) is 2.75. The average molecular weight is 347 g/mol. The Bertz CT molecular complexity index is 550. The molecule has 0 spiro atoms. The van der Waals surface area contributed by atoms with Crippen LogP contribution in [0.1, 0.15) is 44.6 Å². The number of ether oxygens (including phenoxy) is 2. The van der Waals surface area contributed by atoms with Crippen molar-refractivity contribution in [1.29, 1.82) is 0 Å². The van der Waals surface area contributed by atoms with Gasteiger partial charge in [0.15, 0.2) is 0 Å². The van der Waals surface area contributed by atoms with E-state index in [1.165, 1.54) is 6.07 Å². The number of hydrogen-bond donors (Lipinski definition) is 1. The molecule has 0 amide bonds. The summed E-state index contributed by atoms with van der Waals surface area (Å²) in [6.45, 7) is 1.24. The van der Waals surface area contributed by atoms with Crippen LogP contribution < -0.4 is 9.88 Å². The molecule has 7 heteroatoms. The summed E-state index contributed by atoms with van der Waals surface area (Å²) in [5.41, 5.74) is 0.822. The van der Waals surface area contributed by atoms with Crippen LogP contribution in [0.25, 0.3) is 0 Å². The van der Waals surface area contributed by atoms with Crippen molar-refractivity contribution in [2.24, 2.45) is 5.14 Å². The fourth-order valence-electron chi connectivity index (χ4n) is 2.38. The van der Waals surface area contributed by atoms with Crippen LogP contribution in [0.15, 0.2) is 24.3 Å². The van der Waals surface area contributed by atoms with Gasteiger partial charge in [-0.05, 0) is 50.8 Å². The van der Waals surface area contributed by atoms with Crippen molar-refractivity contribution in [3.8, 4) is 5.75 Å². The van der Waals surface area contributed by atoms with Crippen molar-refractivity contribution < 1.29 is 22.5 Å². The number of halogens is 2. The van der Waals surface area contributed by atoms with Crippen molar-refractivity contribution in [3.05, 3.63) is 29.8 Å². The molecular formula is C16H23F2NO3S. The molecule has 1 aliphatic rings. The summed E-state index contributed by atoms with van der Waals surface area (Å²) < 4.78 is 46.1. The van der Waals surface area contributed by atoms with E-state index in [1.54, 1.807) is 12.1 Å². The highest BCUT2D eigenvalue weighted by Crippen LogP contribution is 2.33. The van der Waals surface area contributed by atoms with Crippen molar-refractivity contribution in [2.75, 3.05) is 6.61 Å². The molecular weight excluding hydrogens is 324 g/mol. The van der Waals surface area contributed by atoms with Gasteiger partial charge in [0, 0.05) is 5.92 Å². The van der Waals surface area contributed by atoms with E-state index in [4.69, 9.17) is 9.88 Å². The van der Waals surface area contributed by atoms with Crippen LogP contribution in [0.5, 0.6) is 5.75 Å². The number of nitrogens with two attached hydrogens (primary N) is 1. The molecule has 130 valence electrons. The Morgan fingerprint density at radius 1 is 1.39 bits per heavy atom. The van der Waals surface area contributed by atoms with Gasteiger partial charge in [0.05, 0.1) is 28.4 Å². The quantitative estimate of drug-likeness (QED) is 0.745. The molecule has 0 aliphatic heterocycles. The largest absolute Gasteiger partial charge is 0.435 e. The molecule has 0 aromatic heterocycles. The summed E-state index contributed by atoms with van der Waals surface area (Å²) in [6.07, 6.45) is 2.91. The second-order valence-electron chi connectivity index (χ2n) is 6.44. The first-order chi connectivity index (χ1) is 10.8. The third-order valence-electron chi connectivity index (χ3n) is 3.89. The highest BCUT2D eigenvalue weighted by molar-refractivity contribution is 7.84. The monoisotopic (exact) mass is 347 g/mol. The minimum Gasteiger partial charge on any atom is -0.435 e. The normalized spacial score (nSPS) is 18.0. The van der Waals surface area contributed by atoms with E-state index in [0.717, 1.165) is 18.4 Å². The lowest BCUT2D eigenvalue weighted by atomic mass is 9.90. The van der Waals surface area contributed by atoms with Gasteiger partial charge in [0.25, 0.3) is 0 Å². The average Bonchev–Trinajstić information content (AvgIpc) is 3.27. The molecule has 1 aromatic rings. The fraction of sp³-hybridized carbons (Fsp3) is 0.625. The Morgan fingerprint density at radius 3 is 2.65 bits per heavy atom. The predicted molar refractivity (Wildman–Crippen MR) is 85.8 cm³/mol. The first-order valence-corrected chi connectivity index (χ1v) is 8.82. The zero-order valence-electron chi connectivity index (χ0n) is 13.3. The summed E-state index contributed by atoms with van der Waals surface area (Å²) in [5, 5.41) is 5.57. The zero-order chi connectivity index (χ0) is 17.0. The Hall–Kier alpha value is -1.05. The molecule has 1 aliphatic carbocycles. The Kier molecular flexibility index (Phi) is 6.11. The lowest BCUT2D eigenvalue weighted by Gasteiger charge is -2.28. The zero-order valence-corrected chi connectivity index (χ0v) is 14.2. The number of alkyl halides is 2. The summed E-state index contributed by atoms with van der Waals surface area (Å²) in [7, 11) is -1.49. The third-order valence-corrected chi connectivity index (χ3v) is 5.15. The topological polar surface area (TPSA) is 61.6 Å². The van der Waals surface area contributed by atoms with Crippen molar-refractivity contribution in [2.45, 2.75) is 56.5 Å². The number of benzene rings is 1. The highest BCUT2D eigenvalue weighted by atomic mass is 32.2. The van der Waals surface area contributed by atoms with Gasteiger partial charge in [0.2, 0.25) is 0 Å². The molecule has 1 fully saturated rings. The van der Waals surface area contributed by atoms with Gasteiger partial charge in [0.1, 0.15) is 5.75 Å². The maximum absolute atomic E-state index is 12.4. The SMILES string of the molecule is CC(C)(C[C@@H](COC1CC1)c1cccc(OC(F)F)c1)S(N)=O. The summed E-state index contributed by atoms with van der Waals surface area (Å²) >= 11 is 0. The second-order valence-corrected chi connectivity index (χ2v) is 8.14. The van der Waals surface area contributed by atoms with Gasteiger partial charge in [-0.1, -0.05) is 12.1 Å². The van der Waals surface area contributed by atoms with E-state index in [2.05, 4.69) is 4.74 Å². The van der Waals surface area contributed by atoms with Gasteiger partial charge in [-0.25, -0.2) is 4.21 Å². The van der Waals surface area contributed by atoms with Crippen LogP contribution in [0.2, 0.25) is 0 Å². The number of hydrogen-bond acceptors (Lipinski definition) is 3. The minimum atomic E-state index is -2.86. The van der Waals surface area contributed by atoms with Crippen molar-refractivity contribution in [3.63, 3.8) is 0 Å². The molecule has 1 aromatic carbocycles. The molecule has 2 rings (SSSR count). The van der Waals surface area contributed by atoms with Gasteiger partial charge in [-0.15, -0.1) is 0 Å². The molecule has 1 saturated carbocycles. The van der Waals surface area contributed by atoms with Gasteiger partial charge in [-0.2, -0.15) is 8.78 Å². The van der Waals surface area contributed by atoms with Crippen molar-refractivity contribution in [1.82, 2.24) is 0 Å². The molecule has 0 radical (unpaired) electrons. The van der Waals surface area contributed by atoms with Crippen LogP contribution in [-0.2, 0) is 15.7 Å². The van der Waals surface area contributed by atoms with E-state index in [-0.39, 0.29) is 17.8 Å². The lowest BCUT2D eigenvalue weighted by molar-refractivity contribution is -0.0499. The van der Waals surface area contributed by atoms with Gasteiger partial charge >= 0.3 is 6.61 Å². The lowest BCUT2D eigenvalue weighted by Crippen LogP contribution is -2.34. The maximum Gasteiger partial charge on any atom is 0.387 e. The standard InChI is InChI=1S/C16H23F2NO3S/c1-16(2,23(19)20)9-12(10-21-13-6-7-13)11-4-3-5-14(8-11)22-15(17)18/h3-5,8,12-13,15H,6-7,9-10,19H2,1-2H3/t12-,23?/m0/s1. The summed E-state index contributed by atoms with van der Waals surface area (Å²) in [5.74, 6) is 0.0277. The van der Waals surface area contributed by atoms with Crippen LogP contribution in [0.3, 0.4) is 0 Å². The highest BCUT2D eigenvalue weighted by Gasteiger charge is 2.31. The van der Waals surface area contributed by atoms with E-state index in [1.807, 2.05) is 19.9 Å². The first kappa shape index (κ1) is 18.3. The Labute approximate surface area is 137 Å². The summed E-state index contributed by atoms with van der Waals surface area (Å²) in [6, 6.07) is 6.58. The smallest absolute Gasteiger partial charge is 0.387 e. The van der Waals surface area contributed by atoms with E-state index >= 15 is 0 Å². The molecule has 23 heavy (non-hydrogen) atoms. The second kappa shape index (κ2) is 7.68. The number of rotatable bonds is 9. The van der Waals surface area contributed by atoms with E-state index in [0.29, 0.717) is 13.0 Å². The van der Waals surface area contributed by atoms with Crippen LogP contribution in [0, 0.1) is 0 Å². The van der Waals surface area contributed by atoms with Gasteiger partial charge < -0.3 is 9.47 Å². The molecule has 2 N–H and O–H groups in total. The molecule has 4 nitrogen and oxygen atoms in total. The van der Waals surface area contributed by atoms with E-state index in [9.17, 15) is 13.0 Å². The van der Waals surface area contributed by atoms with Crippen molar-refractivity contribution >= 4 is 11.0 Å². The summed E-state index contributed by atoms with van der Waals surface area (Å²) in [4.78, 5) is 0. The van der Waals surface area contributed by atoms with Crippen LogP contribution >= 0.6 is 0 Å². The van der Waals surface area contributed by atoms with Crippen LogP contribution in [-0.4, -0.2) is 28.3 Å². The third kappa shape index (κ3) is 5.82. The van der Waals surface area contributed by atoms with Gasteiger partial charge in [-0.3, -0.25) is 5.14 Å². The Balaban J connectivity index is 2.15. The molecule has 1 unspecified atom stereocenters. The first-order valence-electron chi connectivity index (χ1n) is 7.60.